The van der Waals surface area contributed by atoms with Crippen molar-refractivity contribution < 1.29 is 46.9 Å². The largest absolute Gasteiger partial charge is 0.388 e. The van der Waals surface area contributed by atoms with Crippen molar-refractivity contribution in [1.82, 2.24) is 0 Å². The summed E-state index contributed by atoms with van der Waals surface area (Å²) in [7, 11) is -5.72. The molecular formula is C7H12F2O8S. The molecule has 0 aromatic carbocycles. The Balaban J connectivity index is 2.85. The first-order valence-corrected chi connectivity index (χ1v) is 6.14. The maximum absolute atomic E-state index is 13.0. The molecule has 11 heteroatoms. The monoisotopic (exact) mass is 294 g/mol. The average molecular weight is 294 g/mol. The van der Waals surface area contributed by atoms with E-state index in [1.165, 1.54) is 0 Å². The summed E-state index contributed by atoms with van der Waals surface area (Å²) in [5, 5.41) is 32.0. The van der Waals surface area contributed by atoms with Crippen LogP contribution in [0.15, 0.2) is 0 Å². The zero-order valence-corrected chi connectivity index (χ0v) is 9.54. The molecular weight excluding hydrogens is 282 g/mol. The fourth-order valence-electron chi connectivity index (χ4n) is 1.44. The Kier molecular flexibility index (Phi) is 4.27. The molecule has 0 bridgehead atoms. The van der Waals surface area contributed by atoms with Gasteiger partial charge in [0.25, 0.3) is 0 Å². The van der Waals surface area contributed by atoms with Crippen molar-refractivity contribution in [2.75, 3.05) is 0 Å². The minimum atomic E-state index is -5.72. The fourth-order valence-corrected chi connectivity index (χ4v) is 1.81. The minimum Gasteiger partial charge on any atom is -0.388 e. The molecule has 5 atom stereocenters. The standard InChI is InChI=1S/C7H12F2O8S/c8-7(9,18(14,15)16)1-2-3(10)4(11)5(12)6(13)17-2/h2-6,10-13H,1H2,(H,14,15,16)/t2-,3-,4+,5-,6?/m1/s1. The fraction of sp³-hybridized carbons (Fsp3) is 1.00. The third kappa shape index (κ3) is 2.93. The van der Waals surface area contributed by atoms with Crippen LogP contribution < -0.4 is 0 Å². The predicted octanol–water partition coefficient (Wildman–Crippen LogP) is -2.34. The highest BCUT2D eigenvalue weighted by Gasteiger charge is 2.52. The van der Waals surface area contributed by atoms with Gasteiger partial charge in [0.05, 0.1) is 12.5 Å². The van der Waals surface area contributed by atoms with Crippen LogP contribution in [0.4, 0.5) is 8.78 Å². The third-order valence-electron chi connectivity index (χ3n) is 2.50. The predicted molar refractivity (Wildman–Crippen MR) is 50.0 cm³/mol. The van der Waals surface area contributed by atoms with Gasteiger partial charge in [0.15, 0.2) is 6.29 Å². The molecule has 5 N–H and O–H groups in total. The SMILES string of the molecule is O=S(=O)(O)C(F)(F)C[C@H]1OC(O)[C@H](O)[C@@H](O)[C@@H]1O. The Morgan fingerprint density at radius 3 is 2.00 bits per heavy atom. The molecule has 0 saturated carbocycles. The Morgan fingerprint density at radius 2 is 1.56 bits per heavy atom. The Hall–Kier alpha value is -0.430. The van der Waals surface area contributed by atoms with Crippen LogP contribution in [0, 0.1) is 0 Å². The van der Waals surface area contributed by atoms with Gasteiger partial charge in [-0.15, -0.1) is 0 Å². The highest BCUT2D eigenvalue weighted by Crippen LogP contribution is 2.32. The van der Waals surface area contributed by atoms with Crippen LogP contribution in [0.5, 0.6) is 0 Å². The van der Waals surface area contributed by atoms with E-state index in [0.29, 0.717) is 0 Å². The van der Waals surface area contributed by atoms with Gasteiger partial charge in [-0.1, -0.05) is 0 Å². The van der Waals surface area contributed by atoms with Crippen molar-refractivity contribution in [2.45, 2.75) is 42.4 Å². The van der Waals surface area contributed by atoms with Crippen LogP contribution in [-0.4, -0.2) is 69.4 Å². The molecule has 1 rings (SSSR count). The average Bonchev–Trinajstić information content (AvgIpc) is 2.21. The van der Waals surface area contributed by atoms with Gasteiger partial charge in [-0.2, -0.15) is 17.2 Å². The molecule has 0 amide bonds. The smallest absolute Gasteiger partial charge is 0.372 e. The lowest BCUT2D eigenvalue weighted by atomic mass is 9.97. The van der Waals surface area contributed by atoms with E-state index < -0.39 is 52.5 Å². The molecule has 1 fully saturated rings. The number of rotatable bonds is 3. The van der Waals surface area contributed by atoms with Crippen LogP contribution in [0.2, 0.25) is 0 Å². The summed E-state index contributed by atoms with van der Waals surface area (Å²) in [5.74, 6) is 0. The second kappa shape index (κ2) is 4.92. The molecule has 0 aromatic heterocycles. The Labute approximate surface area is 100 Å². The molecule has 1 unspecified atom stereocenters. The molecule has 18 heavy (non-hydrogen) atoms. The summed E-state index contributed by atoms with van der Waals surface area (Å²) in [6.07, 6.45) is -11.7. The van der Waals surface area contributed by atoms with Crippen LogP contribution in [-0.2, 0) is 14.9 Å². The van der Waals surface area contributed by atoms with Crippen molar-refractivity contribution in [2.24, 2.45) is 0 Å². The van der Waals surface area contributed by atoms with Gasteiger partial charge in [-0.25, -0.2) is 0 Å². The molecule has 1 aliphatic rings. The van der Waals surface area contributed by atoms with Crippen LogP contribution in [0.25, 0.3) is 0 Å². The number of ether oxygens (including phenoxy) is 1. The summed E-state index contributed by atoms with van der Waals surface area (Å²) in [6.45, 7) is 0. The van der Waals surface area contributed by atoms with Gasteiger partial charge in [-0.3, -0.25) is 4.55 Å². The number of hydrogen-bond donors (Lipinski definition) is 5. The number of halogens is 2. The first-order valence-electron chi connectivity index (χ1n) is 4.70. The normalized spacial score (nSPS) is 38.7. The summed E-state index contributed by atoms with van der Waals surface area (Å²) in [5.41, 5.74) is 0. The van der Waals surface area contributed by atoms with E-state index in [0.717, 1.165) is 0 Å². The lowest BCUT2D eigenvalue weighted by molar-refractivity contribution is -0.287. The quantitative estimate of drug-likeness (QED) is 0.364. The van der Waals surface area contributed by atoms with Gasteiger partial charge in [0.1, 0.15) is 18.3 Å². The zero-order chi connectivity index (χ0) is 14.3. The highest BCUT2D eigenvalue weighted by molar-refractivity contribution is 7.86. The second-order valence-electron chi connectivity index (χ2n) is 3.85. The van der Waals surface area contributed by atoms with Crippen molar-refractivity contribution >= 4 is 10.1 Å². The van der Waals surface area contributed by atoms with Crippen molar-refractivity contribution in [3.8, 4) is 0 Å². The molecule has 1 saturated heterocycles. The lowest BCUT2D eigenvalue weighted by Gasteiger charge is -2.38. The number of aliphatic hydroxyl groups is 4. The molecule has 1 heterocycles. The molecule has 8 nitrogen and oxygen atoms in total. The number of hydrogen-bond acceptors (Lipinski definition) is 7. The van der Waals surface area contributed by atoms with E-state index in [1.807, 2.05) is 0 Å². The summed E-state index contributed by atoms with van der Waals surface area (Å²) < 4.78 is 59.3. The summed E-state index contributed by atoms with van der Waals surface area (Å²) in [6, 6.07) is 0. The summed E-state index contributed by atoms with van der Waals surface area (Å²) in [4.78, 5) is 0. The van der Waals surface area contributed by atoms with Crippen LogP contribution >= 0.6 is 0 Å². The van der Waals surface area contributed by atoms with Crippen molar-refractivity contribution in [3.05, 3.63) is 0 Å². The lowest BCUT2D eigenvalue weighted by Crippen LogP contribution is -2.58. The van der Waals surface area contributed by atoms with Gasteiger partial charge in [0, 0.05) is 0 Å². The van der Waals surface area contributed by atoms with E-state index in [-0.39, 0.29) is 0 Å². The number of alkyl halides is 2. The van der Waals surface area contributed by atoms with Gasteiger partial charge >= 0.3 is 15.4 Å². The second-order valence-corrected chi connectivity index (χ2v) is 5.40. The minimum absolute atomic E-state index is 1.69. The van der Waals surface area contributed by atoms with E-state index in [1.54, 1.807) is 0 Å². The highest BCUT2D eigenvalue weighted by atomic mass is 32.2. The molecule has 108 valence electrons. The molecule has 0 aromatic rings. The first kappa shape index (κ1) is 15.6. The molecule has 0 spiro atoms. The molecule has 0 aliphatic carbocycles. The maximum Gasteiger partial charge on any atom is 0.372 e. The van der Waals surface area contributed by atoms with Crippen molar-refractivity contribution in [3.63, 3.8) is 0 Å². The topological polar surface area (TPSA) is 145 Å². The molecule has 0 radical (unpaired) electrons. The van der Waals surface area contributed by atoms with Crippen molar-refractivity contribution in [1.29, 1.82) is 0 Å². The van der Waals surface area contributed by atoms with Crippen LogP contribution in [0.1, 0.15) is 6.42 Å². The van der Waals surface area contributed by atoms with Gasteiger partial charge in [-0.05, 0) is 0 Å². The molecule has 1 aliphatic heterocycles. The maximum atomic E-state index is 13.0. The third-order valence-corrected chi connectivity index (χ3v) is 3.42. The summed E-state index contributed by atoms with van der Waals surface area (Å²) >= 11 is 0. The van der Waals surface area contributed by atoms with Crippen LogP contribution in [0.3, 0.4) is 0 Å². The van der Waals surface area contributed by atoms with E-state index in [4.69, 9.17) is 14.8 Å². The van der Waals surface area contributed by atoms with Gasteiger partial charge in [0.2, 0.25) is 0 Å². The van der Waals surface area contributed by atoms with E-state index in [9.17, 15) is 27.4 Å². The Morgan fingerprint density at radius 1 is 1.06 bits per heavy atom. The van der Waals surface area contributed by atoms with E-state index >= 15 is 0 Å². The van der Waals surface area contributed by atoms with E-state index in [2.05, 4.69) is 4.74 Å². The van der Waals surface area contributed by atoms with Gasteiger partial charge < -0.3 is 25.2 Å². The number of aliphatic hydroxyl groups excluding tert-OH is 4. The Bertz CT molecular complexity index is 398. The zero-order valence-electron chi connectivity index (χ0n) is 8.72. The first-order chi connectivity index (χ1) is 7.97.